The number of hydrogen-bond donors (Lipinski definition) is 0. The average molecular weight is 611 g/mol. The molecule has 5 aliphatic rings. The Morgan fingerprint density at radius 3 is 2.78 bits per heavy atom. The number of nitriles is 1. The van der Waals surface area contributed by atoms with E-state index in [1.165, 1.54) is 17.7 Å². The number of benzene rings is 2. The van der Waals surface area contributed by atoms with Crippen LogP contribution in [0.4, 0.5) is 14.6 Å². The van der Waals surface area contributed by atoms with Crippen LogP contribution in [0.1, 0.15) is 55.6 Å². The number of hydrogen-bond acceptors (Lipinski definition) is 7. The molecule has 232 valence electrons. The van der Waals surface area contributed by atoms with Crippen LogP contribution in [0.25, 0.3) is 22.0 Å². The van der Waals surface area contributed by atoms with Crippen molar-refractivity contribution >= 4 is 22.6 Å². The summed E-state index contributed by atoms with van der Waals surface area (Å²) < 4.78 is 39.3. The lowest BCUT2D eigenvalue weighted by atomic mass is 9.93. The van der Waals surface area contributed by atoms with Gasteiger partial charge < -0.3 is 14.5 Å². The zero-order valence-corrected chi connectivity index (χ0v) is 25.3. The van der Waals surface area contributed by atoms with Crippen LogP contribution in [0, 0.1) is 28.9 Å². The van der Waals surface area contributed by atoms with Crippen molar-refractivity contribution in [3.63, 3.8) is 0 Å². The molecule has 45 heavy (non-hydrogen) atoms. The Bertz CT molecular complexity index is 1760. The Hall–Kier alpha value is -4.10. The van der Waals surface area contributed by atoms with Gasteiger partial charge in [-0.3, -0.25) is 9.69 Å². The predicted molar refractivity (Wildman–Crippen MR) is 166 cm³/mol. The number of nitrogens with zero attached hydrogens (tertiary/aromatic N) is 6. The van der Waals surface area contributed by atoms with Crippen LogP contribution in [0.2, 0.25) is 0 Å². The summed E-state index contributed by atoms with van der Waals surface area (Å²) in [6, 6.07) is 8.92. The van der Waals surface area contributed by atoms with Gasteiger partial charge in [-0.2, -0.15) is 15.2 Å². The van der Waals surface area contributed by atoms with Crippen molar-refractivity contribution in [3.05, 3.63) is 59.7 Å². The molecule has 1 aromatic heterocycles. The van der Waals surface area contributed by atoms with Gasteiger partial charge >= 0.3 is 6.01 Å². The number of fused-ring (bicyclic) bond motifs is 5. The molecule has 2 aliphatic carbocycles. The van der Waals surface area contributed by atoms with Crippen molar-refractivity contribution < 1.29 is 18.3 Å². The molecular weight excluding hydrogens is 574 g/mol. The third-order valence-electron chi connectivity index (χ3n) is 10.9. The number of anilines is 1. The molecule has 1 amide bonds. The minimum Gasteiger partial charge on any atom is -0.461 e. The number of carbonyl (C=O) groups is 1. The minimum absolute atomic E-state index is 0.0166. The molecule has 3 aromatic rings. The van der Waals surface area contributed by atoms with E-state index in [0.717, 1.165) is 57.2 Å². The summed E-state index contributed by atoms with van der Waals surface area (Å²) in [6.45, 7) is 7.06. The molecule has 0 spiro atoms. The van der Waals surface area contributed by atoms with Gasteiger partial charge in [-0.25, -0.2) is 8.78 Å². The van der Waals surface area contributed by atoms with Gasteiger partial charge in [0.05, 0.1) is 29.6 Å². The van der Waals surface area contributed by atoms with E-state index < -0.39 is 17.7 Å². The average Bonchev–Trinajstić information content (AvgIpc) is 3.33. The molecule has 10 heteroatoms. The third kappa shape index (κ3) is 4.58. The first-order chi connectivity index (χ1) is 21.9. The van der Waals surface area contributed by atoms with E-state index in [-0.39, 0.29) is 46.9 Å². The summed E-state index contributed by atoms with van der Waals surface area (Å²) in [6.07, 6.45) is 7.67. The highest BCUT2D eigenvalue weighted by atomic mass is 19.1. The SMILES string of the molecule is C=CC(=O)N1CCN(c2nc(OCC34CCCN3CCC4)nc3c(F)c(-c4cccc5c4C4CC4C5)c(F)cc23)C[C@@H]1CC#N. The summed E-state index contributed by atoms with van der Waals surface area (Å²) in [7, 11) is 0. The summed E-state index contributed by atoms with van der Waals surface area (Å²) >= 11 is 0. The minimum atomic E-state index is -0.716. The Balaban J connectivity index is 1.23. The maximum Gasteiger partial charge on any atom is 0.319 e. The van der Waals surface area contributed by atoms with E-state index in [1.807, 2.05) is 17.0 Å². The Labute approximate surface area is 261 Å². The lowest BCUT2D eigenvalue weighted by Crippen LogP contribution is -2.55. The number of amides is 1. The van der Waals surface area contributed by atoms with Crippen LogP contribution in [-0.4, -0.2) is 76.6 Å². The first-order valence-corrected chi connectivity index (χ1v) is 16.2. The van der Waals surface area contributed by atoms with Crippen molar-refractivity contribution in [2.45, 2.75) is 62.4 Å². The highest BCUT2D eigenvalue weighted by Gasteiger charge is 2.47. The monoisotopic (exact) mass is 610 g/mol. The fraction of sp³-hybridized carbons (Fsp3) is 0.486. The summed E-state index contributed by atoms with van der Waals surface area (Å²) in [4.78, 5) is 28.0. The van der Waals surface area contributed by atoms with Crippen molar-refractivity contribution in [3.8, 4) is 23.2 Å². The molecule has 3 atom stereocenters. The molecule has 2 unspecified atom stereocenters. The molecule has 0 N–H and O–H groups in total. The van der Waals surface area contributed by atoms with Crippen LogP contribution in [0.15, 0.2) is 36.9 Å². The summed E-state index contributed by atoms with van der Waals surface area (Å²) in [5.74, 6) is -0.348. The number of piperazine rings is 1. The van der Waals surface area contributed by atoms with Gasteiger partial charge in [-0.05, 0) is 92.3 Å². The fourth-order valence-electron chi connectivity index (χ4n) is 8.66. The molecule has 0 bridgehead atoms. The normalized spacial score (nSPS) is 24.7. The van der Waals surface area contributed by atoms with E-state index >= 15 is 8.78 Å². The van der Waals surface area contributed by atoms with Crippen LogP contribution in [-0.2, 0) is 11.2 Å². The molecule has 3 saturated heterocycles. The number of halogens is 2. The third-order valence-corrected chi connectivity index (χ3v) is 10.9. The quantitative estimate of drug-likeness (QED) is 0.333. The Morgan fingerprint density at radius 1 is 1.18 bits per heavy atom. The number of rotatable bonds is 7. The van der Waals surface area contributed by atoms with Crippen molar-refractivity contribution in [1.29, 1.82) is 5.26 Å². The lowest BCUT2D eigenvalue weighted by molar-refractivity contribution is -0.128. The Kier molecular flexibility index (Phi) is 6.79. The maximum absolute atomic E-state index is 16.8. The first kappa shape index (κ1) is 28.4. The molecule has 1 saturated carbocycles. The van der Waals surface area contributed by atoms with Crippen LogP contribution in [0.3, 0.4) is 0 Å². The van der Waals surface area contributed by atoms with Crippen molar-refractivity contribution in [1.82, 2.24) is 19.8 Å². The van der Waals surface area contributed by atoms with Crippen LogP contribution < -0.4 is 9.64 Å². The highest BCUT2D eigenvalue weighted by Crippen LogP contribution is 2.59. The smallest absolute Gasteiger partial charge is 0.319 e. The van der Waals surface area contributed by atoms with Crippen LogP contribution >= 0.6 is 0 Å². The molecule has 8 rings (SSSR count). The van der Waals surface area contributed by atoms with Gasteiger partial charge in [0.25, 0.3) is 0 Å². The van der Waals surface area contributed by atoms with Crippen LogP contribution in [0.5, 0.6) is 6.01 Å². The fourth-order valence-corrected chi connectivity index (χ4v) is 8.66. The standard InChI is InChI=1S/C35H36F2N6O2/c1-2-28(44)43-15-14-41(19-23(43)8-11-38)33-26-18-27(36)30(24-7-3-6-21-16-22-17-25(22)29(21)24)31(37)32(26)39-34(40-33)45-20-35-9-4-12-42(35)13-5-10-35/h2-3,6-7,18,22-23,25H,1,4-5,8-10,12-17,19-20H2/t22?,23-,25?/m0/s1. The second kappa shape index (κ2) is 10.8. The van der Waals surface area contributed by atoms with Gasteiger partial charge in [0.15, 0.2) is 5.82 Å². The van der Waals surface area contributed by atoms with E-state index in [1.54, 1.807) is 4.90 Å². The van der Waals surface area contributed by atoms with Crippen molar-refractivity contribution in [2.24, 2.45) is 5.92 Å². The summed E-state index contributed by atoms with van der Waals surface area (Å²) in [5.41, 5.74) is 2.74. The maximum atomic E-state index is 16.8. The van der Waals surface area contributed by atoms with Crippen molar-refractivity contribution in [2.75, 3.05) is 44.2 Å². The molecule has 4 fully saturated rings. The van der Waals surface area contributed by atoms with Gasteiger partial charge in [-0.15, -0.1) is 0 Å². The largest absolute Gasteiger partial charge is 0.461 e. The van der Waals surface area contributed by atoms with Gasteiger partial charge in [0.2, 0.25) is 5.91 Å². The molecule has 3 aliphatic heterocycles. The highest BCUT2D eigenvalue weighted by molar-refractivity contribution is 5.95. The molecule has 4 heterocycles. The predicted octanol–water partition coefficient (Wildman–Crippen LogP) is 5.36. The zero-order chi connectivity index (χ0) is 30.9. The zero-order valence-electron chi connectivity index (χ0n) is 25.3. The number of aromatic nitrogens is 2. The van der Waals surface area contributed by atoms with Gasteiger partial charge in [0, 0.05) is 25.0 Å². The van der Waals surface area contributed by atoms with E-state index in [4.69, 9.17) is 9.72 Å². The number of ether oxygens (including phenoxy) is 1. The van der Waals surface area contributed by atoms with Gasteiger partial charge in [-0.1, -0.05) is 24.8 Å². The van der Waals surface area contributed by atoms with E-state index in [9.17, 15) is 10.1 Å². The lowest BCUT2D eigenvalue weighted by Gasteiger charge is -2.41. The van der Waals surface area contributed by atoms with E-state index in [2.05, 4.69) is 28.6 Å². The molecular formula is C35H36F2N6O2. The molecule has 2 aromatic carbocycles. The van der Waals surface area contributed by atoms with Gasteiger partial charge in [0.1, 0.15) is 23.8 Å². The Morgan fingerprint density at radius 2 is 2.00 bits per heavy atom. The summed E-state index contributed by atoms with van der Waals surface area (Å²) in [5, 5.41) is 9.78. The second-order valence-electron chi connectivity index (χ2n) is 13.4. The molecule has 0 radical (unpaired) electrons. The number of carbonyl (C=O) groups excluding carboxylic acids is 1. The molecule has 8 nitrogen and oxygen atoms in total. The second-order valence-corrected chi connectivity index (χ2v) is 13.4. The van der Waals surface area contributed by atoms with E-state index in [0.29, 0.717) is 42.9 Å². The topological polar surface area (TPSA) is 85.6 Å². The first-order valence-electron chi connectivity index (χ1n) is 16.2.